The Morgan fingerprint density at radius 3 is 2.56 bits per heavy atom. The van der Waals surface area contributed by atoms with Crippen LogP contribution >= 0.6 is 22.6 Å². The largest absolute Gasteiger partial charge is 0.395 e. The van der Waals surface area contributed by atoms with Gasteiger partial charge in [-0.1, -0.05) is 19.9 Å². The van der Waals surface area contributed by atoms with Gasteiger partial charge < -0.3 is 10.0 Å². The summed E-state index contributed by atoms with van der Waals surface area (Å²) >= 11 is 2.20. The fraction of sp³-hybridized carbons (Fsp3) is 0.500. The molecular formula is C14H20INO2. The summed E-state index contributed by atoms with van der Waals surface area (Å²) < 4.78 is 1.05. The summed E-state index contributed by atoms with van der Waals surface area (Å²) in [7, 11) is 0. The Balaban J connectivity index is 2.95. The van der Waals surface area contributed by atoms with Crippen LogP contribution in [-0.2, 0) is 0 Å². The van der Waals surface area contributed by atoms with Crippen molar-refractivity contribution >= 4 is 28.5 Å². The molecule has 1 aromatic carbocycles. The highest BCUT2D eigenvalue weighted by atomic mass is 127. The van der Waals surface area contributed by atoms with Crippen LogP contribution in [0.3, 0.4) is 0 Å². The van der Waals surface area contributed by atoms with Crippen LogP contribution in [0.1, 0.15) is 37.0 Å². The first-order valence-electron chi connectivity index (χ1n) is 6.31. The molecule has 0 aliphatic carbocycles. The van der Waals surface area contributed by atoms with Gasteiger partial charge in [-0.15, -0.1) is 0 Å². The molecule has 0 aromatic heterocycles. The average molecular weight is 361 g/mol. The van der Waals surface area contributed by atoms with Crippen LogP contribution in [0.15, 0.2) is 24.3 Å². The lowest BCUT2D eigenvalue weighted by atomic mass is 10.1. The second-order valence-electron chi connectivity index (χ2n) is 4.20. The second-order valence-corrected chi connectivity index (χ2v) is 5.45. The summed E-state index contributed by atoms with van der Waals surface area (Å²) in [6.45, 7) is 4.55. The maximum atomic E-state index is 12.5. The summed E-state index contributed by atoms with van der Waals surface area (Å²) in [5, 5.41) is 9.13. The number of carbonyl (C=O) groups excluding carboxylic acids is 1. The Labute approximate surface area is 122 Å². The van der Waals surface area contributed by atoms with Gasteiger partial charge in [0.1, 0.15) is 0 Å². The van der Waals surface area contributed by atoms with Crippen molar-refractivity contribution in [2.24, 2.45) is 0 Å². The molecule has 0 heterocycles. The Hall–Kier alpha value is -0.620. The molecule has 1 aromatic rings. The zero-order chi connectivity index (χ0) is 13.5. The van der Waals surface area contributed by atoms with Crippen molar-refractivity contribution in [3.63, 3.8) is 0 Å². The van der Waals surface area contributed by atoms with Crippen molar-refractivity contribution in [3.05, 3.63) is 33.4 Å². The van der Waals surface area contributed by atoms with Crippen LogP contribution in [0.2, 0.25) is 0 Å². The van der Waals surface area contributed by atoms with Crippen LogP contribution < -0.4 is 0 Å². The predicted molar refractivity (Wildman–Crippen MR) is 81.7 cm³/mol. The summed E-state index contributed by atoms with van der Waals surface area (Å²) in [4.78, 5) is 14.2. The first-order chi connectivity index (χ1) is 8.63. The van der Waals surface area contributed by atoms with Gasteiger partial charge >= 0.3 is 0 Å². The molecule has 0 saturated carbocycles. The number of amides is 1. The molecule has 1 rings (SSSR count). The molecule has 3 nitrogen and oxygen atoms in total. The van der Waals surface area contributed by atoms with Crippen LogP contribution in [0.25, 0.3) is 0 Å². The maximum absolute atomic E-state index is 12.5. The lowest BCUT2D eigenvalue weighted by Crippen LogP contribution is -2.41. The van der Waals surface area contributed by atoms with Crippen molar-refractivity contribution in [3.8, 4) is 0 Å². The van der Waals surface area contributed by atoms with Crippen LogP contribution in [0, 0.1) is 3.57 Å². The average Bonchev–Trinajstić information content (AvgIpc) is 2.38. The van der Waals surface area contributed by atoms with Crippen molar-refractivity contribution in [1.82, 2.24) is 4.90 Å². The van der Waals surface area contributed by atoms with E-state index in [-0.39, 0.29) is 18.6 Å². The van der Waals surface area contributed by atoms with E-state index in [0.717, 1.165) is 16.4 Å². The van der Waals surface area contributed by atoms with Gasteiger partial charge in [-0.25, -0.2) is 0 Å². The van der Waals surface area contributed by atoms with Crippen molar-refractivity contribution in [2.45, 2.75) is 32.7 Å². The van der Waals surface area contributed by atoms with E-state index in [1.165, 1.54) is 0 Å². The maximum Gasteiger partial charge on any atom is 0.254 e. The summed E-state index contributed by atoms with van der Waals surface area (Å²) in [5.41, 5.74) is 0.697. The number of hydrogen-bond donors (Lipinski definition) is 1. The zero-order valence-electron chi connectivity index (χ0n) is 10.9. The number of aliphatic hydroxyl groups is 1. The molecule has 0 spiro atoms. The second kappa shape index (κ2) is 7.74. The molecule has 18 heavy (non-hydrogen) atoms. The normalized spacial score (nSPS) is 10.7. The number of hydrogen-bond acceptors (Lipinski definition) is 2. The van der Waals surface area contributed by atoms with Crippen LogP contribution in [-0.4, -0.2) is 35.1 Å². The van der Waals surface area contributed by atoms with E-state index >= 15 is 0 Å². The fourth-order valence-electron chi connectivity index (χ4n) is 2.07. The van der Waals surface area contributed by atoms with Gasteiger partial charge in [0.05, 0.1) is 6.61 Å². The van der Waals surface area contributed by atoms with Gasteiger partial charge in [0, 0.05) is 21.7 Å². The minimum atomic E-state index is 0.00612. The Kier molecular flexibility index (Phi) is 6.63. The third-order valence-electron chi connectivity index (χ3n) is 3.06. The summed E-state index contributed by atoms with van der Waals surface area (Å²) in [6, 6.07) is 7.76. The van der Waals surface area contributed by atoms with E-state index < -0.39 is 0 Å². The molecule has 0 aliphatic rings. The molecule has 0 saturated heterocycles. The highest BCUT2D eigenvalue weighted by molar-refractivity contribution is 14.1. The number of nitrogens with zero attached hydrogens (tertiary/aromatic N) is 1. The molecule has 0 fully saturated rings. The molecule has 1 amide bonds. The third kappa shape index (κ3) is 3.95. The monoisotopic (exact) mass is 361 g/mol. The number of carbonyl (C=O) groups is 1. The molecule has 0 aliphatic heterocycles. The van der Waals surface area contributed by atoms with Crippen LogP contribution in [0.4, 0.5) is 0 Å². The van der Waals surface area contributed by atoms with Crippen molar-refractivity contribution < 1.29 is 9.90 Å². The fourth-order valence-corrected chi connectivity index (χ4v) is 2.62. The lowest BCUT2D eigenvalue weighted by molar-refractivity contribution is 0.0622. The lowest BCUT2D eigenvalue weighted by Gasteiger charge is -2.30. The Bertz CT molecular complexity index is 391. The number of halogens is 1. The highest BCUT2D eigenvalue weighted by Crippen LogP contribution is 2.15. The molecule has 1 N–H and O–H groups in total. The Morgan fingerprint density at radius 2 is 2.06 bits per heavy atom. The zero-order valence-corrected chi connectivity index (χ0v) is 13.1. The third-order valence-corrected chi connectivity index (χ3v) is 3.73. The molecule has 0 atom stereocenters. The van der Waals surface area contributed by atoms with Gasteiger partial charge in [0.25, 0.3) is 5.91 Å². The number of rotatable bonds is 6. The first kappa shape index (κ1) is 15.4. The van der Waals surface area contributed by atoms with E-state index in [1.807, 2.05) is 24.3 Å². The quantitative estimate of drug-likeness (QED) is 0.792. The topological polar surface area (TPSA) is 40.5 Å². The number of benzene rings is 1. The smallest absolute Gasteiger partial charge is 0.254 e. The van der Waals surface area contributed by atoms with Gasteiger partial charge in [0.2, 0.25) is 0 Å². The van der Waals surface area contributed by atoms with E-state index in [4.69, 9.17) is 5.11 Å². The minimum absolute atomic E-state index is 0.00612. The molecule has 0 bridgehead atoms. The molecule has 100 valence electrons. The van der Waals surface area contributed by atoms with Gasteiger partial charge in [-0.05, 0) is 53.6 Å². The first-order valence-corrected chi connectivity index (χ1v) is 7.39. The molecule has 0 unspecified atom stereocenters. The van der Waals surface area contributed by atoms with E-state index in [9.17, 15) is 4.79 Å². The SMILES string of the molecule is CCC(CC)N(CCO)C(=O)c1cccc(I)c1. The number of aliphatic hydroxyl groups excluding tert-OH is 1. The van der Waals surface area contributed by atoms with E-state index in [1.54, 1.807) is 4.90 Å². The van der Waals surface area contributed by atoms with E-state index in [0.29, 0.717) is 12.1 Å². The molecule has 4 heteroatoms. The van der Waals surface area contributed by atoms with Gasteiger partial charge in [-0.3, -0.25) is 4.79 Å². The summed E-state index contributed by atoms with van der Waals surface area (Å²) in [6.07, 6.45) is 1.82. The molecular weight excluding hydrogens is 341 g/mol. The standard InChI is InChI=1S/C14H20INO2/c1-3-13(4-2)16(8-9-17)14(18)11-6-5-7-12(15)10-11/h5-7,10,13,17H,3-4,8-9H2,1-2H3. The summed E-state index contributed by atoms with van der Waals surface area (Å²) in [5.74, 6) is 0.0104. The predicted octanol–water partition coefficient (Wildman–Crippen LogP) is 2.91. The van der Waals surface area contributed by atoms with Gasteiger partial charge in [0.15, 0.2) is 0 Å². The van der Waals surface area contributed by atoms with Gasteiger partial charge in [-0.2, -0.15) is 0 Å². The minimum Gasteiger partial charge on any atom is -0.395 e. The van der Waals surface area contributed by atoms with Crippen molar-refractivity contribution in [1.29, 1.82) is 0 Å². The molecule has 0 radical (unpaired) electrons. The van der Waals surface area contributed by atoms with Crippen molar-refractivity contribution in [2.75, 3.05) is 13.2 Å². The van der Waals surface area contributed by atoms with Crippen LogP contribution in [0.5, 0.6) is 0 Å². The van der Waals surface area contributed by atoms with E-state index in [2.05, 4.69) is 36.4 Å². The highest BCUT2D eigenvalue weighted by Gasteiger charge is 2.21. The Morgan fingerprint density at radius 1 is 1.39 bits per heavy atom.